The third kappa shape index (κ3) is 6.05. The summed E-state index contributed by atoms with van der Waals surface area (Å²) in [5.41, 5.74) is 23.2. The number of fused-ring (bicyclic) bond motifs is 12. The molecule has 0 aromatic heterocycles. The van der Waals surface area contributed by atoms with Crippen molar-refractivity contribution in [2.24, 2.45) is 0 Å². The largest absolute Gasteiger partial charge is 0.310 e. The molecule has 0 saturated carbocycles. The van der Waals surface area contributed by atoms with Crippen molar-refractivity contribution in [2.45, 2.75) is 5.41 Å². The Kier molecular flexibility index (Phi) is 9.19. The Morgan fingerprint density at radius 2 is 0.557 bits per heavy atom. The van der Waals surface area contributed by atoms with Crippen LogP contribution in [0.3, 0.4) is 0 Å². The summed E-state index contributed by atoms with van der Waals surface area (Å²) >= 11 is 0. The third-order valence-corrected chi connectivity index (χ3v) is 15.1. The van der Waals surface area contributed by atoms with E-state index in [-0.39, 0.29) is 0 Å². The van der Waals surface area contributed by atoms with Gasteiger partial charge < -0.3 is 4.90 Å². The number of nitrogens with zero attached hydrogens (tertiary/aromatic N) is 1. The number of benzene rings is 12. The van der Waals surface area contributed by atoms with Gasteiger partial charge >= 0.3 is 0 Å². The van der Waals surface area contributed by atoms with E-state index in [0.29, 0.717) is 0 Å². The summed E-state index contributed by atoms with van der Waals surface area (Å²) in [6.45, 7) is 0. The summed E-state index contributed by atoms with van der Waals surface area (Å²) in [6.07, 6.45) is 0. The Morgan fingerprint density at radius 3 is 1.09 bits per heavy atom. The van der Waals surface area contributed by atoms with Gasteiger partial charge in [0.25, 0.3) is 0 Å². The van der Waals surface area contributed by atoms with Crippen LogP contribution in [0.1, 0.15) is 22.3 Å². The Bertz CT molecular complexity index is 3790. The minimum Gasteiger partial charge on any atom is -0.310 e. The van der Waals surface area contributed by atoms with Crippen molar-refractivity contribution < 1.29 is 0 Å². The van der Waals surface area contributed by atoms with E-state index >= 15 is 0 Å². The fourth-order valence-corrected chi connectivity index (χ4v) is 12.1. The Hall–Kier alpha value is -9.04. The topological polar surface area (TPSA) is 3.24 Å². The van der Waals surface area contributed by atoms with Gasteiger partial charge in [-0.3, -0.25) is 0 Å². The SMILES string of the molecule is c1ccc(N(c2ccc(-c3cccc4ccccc34)cc2)c2ccc(-c3cccc4ccccc34)cc2)c(-c2ccc(-c3cccc4c3C3(c5ccccc5-c5ccccc53)c3ccccc3-4)cc2)c1. The van der Waals surface area contributed by atoms with Crippen LogP contribution in [-0.4, -0.2) is 0 Å². The maximum atomic E-state index is 2.42. The summed E-state index contributed by atoms with van der Waals surface area (Å²) in [5.74, 6) is 0. The fourth-order valence-electron chi connectivity index (χ4n) is 12.1. The fraction of sp³-hybridized carbons (Fsp3) is 0.0145. The average molecular weight is 888 g/mol. The average Bonchev–Trinajstić information content (AvgIpc) is 3.91. The number of rotatable bonds is 7. The lowest BCUT2D eigenvalue weighted by molar-refractivity contribution is 0.796. The van der Waals surface area contributed by atoms with Crippen LogP contribution in [-0.2, 0) is 5.41 Å². The van der Waals surface area contributed by atoms with Crippen molar-refractivity contribution in [3.8, 4) is 66.8 Å². The summed E-state index contributed by atoms with van der Waals surface area (Å²) < 4.78 is 0. The molecule has 1 nitrogen and oxygen atoms in total. The molecule has 326 valence electrons. The van der Waals surface area contributed by atoms with Gasteiger partial charge in [-0.05, 0) is 135 Å². The molecule has 0 atom stereocenters. The molecule has 1 heteroatoms. The predicted octanol–water partition coefficient (Wildman–Crippen LogP) is 18.5. The Labute approximate surface area is 408 Å². The van der Waals surface area contributed by atoms with Gasteiger partial charge in [-0.25, -0.2) is 0 Å². The van der Waals surface area contributed by atoms with Crippen molar-refractivity contribution in [3.63, 3.8) is 0 Å². The molecular weight excluding hydrogens is 843 g/mol. The van der Waals surface area contributed by atoms with E-state index in [0.717, 1.165) is 28.2 Å². The normalized spacial score (nSPS) is 12.7. The Balaban J connectivity index is 0.895. The second kappa shape index (κ2) is 16.0. The van der Waals surface area contributed by atoms with E-state index in [4.69, 9.17) is 0 Å². The minimum absolute atomic E-state index is 0.423. The molecule has 0 unspecified atom stereocenters. The number of para-hydroxylation sites is 1. The first-order valence-corrected chi connectivity index (χ1v) is 24.3. The molecule has 2 aliphatic rings. The summed E-state index contributed by atoms with van der Waals surface area (Å²) in [7, 11) is 0. The Morgan fingerprint density at radius 1 is 0.229 bits per heavy atom. The van der Waals surface area contributed by atoms with Crippen molar-refractivity contribution in [1.29, 1.82) is 0 Å². The van der Waals surface area contributed by atoms with Crippen molar-refractivity contribution in [2.75, 3.05) is 4.90 Å². The van der Waals surface area contributed by atoms with Gasteiger partial charge in [0.1, 0.15) is 0 Å². The second-order valence-electron chi connectivity index (χ2n) is 18.7. The van der Waals surface area contributed by atoms with Gasteiger partial charge in [0, 0.05) is 16.9 Å². The van der Waals surface area contributed by atoms with Crippen LogP contribution in [0, 0.1) is 0 Å². The zero-order chi connectivity index (χ0) is 46.2. The van der Waals surface area contributed by atoms with Crippen molar-refractivity contribution in [3.05, 3.63) is 295 Å². The molecule has 1 spiro atoms. The zero-order valence-electron chi connectivity index (χ0n) is 38.4. The highest BCUT2D eigenvalue weighted by atomic mass is 15.1. The molecule has 12 aromatic rings. The number of anilines is 3. The van der Waals surface area contributed by atoms with Gasteiger partial charge in [0.15, 0.2) is 0 Å². The summed E-state index contributed by atoms with van der Waals surface area (Å²) in [5, 5.41) is 5.00. The molecule has 70 heavy (non-hydrogen) atoms. The van der Waals surface area contributed by atoms with Crippen LogP contribution in [0.5, 0.6) is 0 Å². The van der Waals surface area contributed by atoms with Gasteiger partial charge in [0.2, 0.25) is 0 Å². The molecular formula is C69H45N. The lowest BCUT2D eigenvalue weighted by atomic mass is 9.68. The third-order valence-electron chi connectivity index (χ3n) is 15.1. The molecule has 0 amide bonds. The summed E-state index contributed by atoms with van der Waals surface area (Å²) in [6, 6.07) is 101. The molecule has 0 N–H and O–H groups in total. The minimum atomic E-state index is -0.423. The number of hydrogen-bond acceptors (Lipinski definition) is 1. The van der Waals surface area contributed by atoms with Crippen LogP contribution in [0.25, 0.3) is 88.3 Å². The highest BCUT2D eigenvalue weighted by molar-refractivity contribution is 6.01. The zero-order valence-corrected chi connectivity index (χ0v) is 38.4. The van der Waals surface area contributed by atoms with Gasteiger partial charge in [-0.2, -0.15) is 0 Å². The molecule has 0 radical (unpaired) electrons. The first-order valence-electron chi connectivity index (χ1n) is 24.3. The van der Waals surface area contributed by atoms with Crippen LogP contribution < -0.4 is 4.90 Å². The first-order chi connectivity index (χ1) is 34.7. The van der Waals surface area contributed by atoms with Crippen LogP contribution >= 0.6 is 0 Å². The maximum Gasteiger partial charge on any atom is 0.0731 e. The highest BCUT2D eigenvalue weighted by Gasteiger charge is 2.52. The van der Waals surface area contributed by atoms with E-state index in [1.165, 1.54) is 99.4 Å². The monoisotopic (exact) mass is 887 g/mol. The molecule has 0 aliphatic heterocycles. The highest BCUT2D eigenvalue weighted by Crippen LogP contribution is 2.64. The molecule has 2 aliphatic carbocycles. The maximum absolute atomic E-state index is 2.42. The van der Waals surface area contributed by atoms with Gasteiger partial charge in [-0.1, -0.05) is 243 Å². The number of hydrogen-bond donors (Lipinski definition) is 0. The lowest BCUT2D eigenvalue weighted by Gasteiger charge is -2.32. The molecule has 0 bridgehead atoms. The van der Waals surface area contributed by atoms with E-state index in [1.807, 2.05) is 0 Å². The predicted molar refractivity (Wildman–Crippen MR) is 294 cm³/mol. The lowest BCUT2D eigenvalue weighted by Crippen LogP contribution is -2.26. The van der Waals surface area contributed by atoms with Gasteiger partial charge in [0.05, 0.1) is 11.1 Å². The first kappa shape index (κ1) is 40.1. The van der Waals surface area contributed by atoms with Crippen LogP contribution in [0.4, 0.5) is 17.1 Å². The van der Waals surface area contributed by atoms with Crippen LogP contribution in [0.15, 0.2) is 273 Å². The van der Waals surface area contributed by atoms with E-state index in [2.05, 4.69) is 278 Å². The standard InChI is InChI=1S/C69H45N/c1-3-20-54-46(16-1)18-13-26-56(54)48-38-42-52(43-39-48)70(53-44-40-49(41-45-53)57-27-14-19-47-17-2-4-21-55(47)57)67-33-12-8-22-58(67)50-34-36-51(37-35-50)59-28-15-29-63-62-25-7-11-32-66(62)69(68(59)63)64-30-9-5-23-60(64)61-24-6-10-31-65(61)69/h1-45H. The quantitative estimate of drug-likeness (QED) is 0.154. The molecule has 0 saturated heterocycles. The van der Waals surface area contributed by atoms with Crippen molar-refractivity contribution >= 4 is 38.6 Å². The second-order valence-corrected chi connectivity index (χ2v) is 18.7. The molecule has 0 heterocycles. The van der Waals surface area contributed by atoms with E-state index in [9.17, 15) is 0 Å². The molecule has 0 fully saturated rings. The molecule has 14 rings (SSSR count). The van der Waals surface area contributed by atoms with Crippen LogP contribution in [0.2, 0.25) is 0 Å². The van der Waals surface area contributed by atoms with Crippen molar-refractivity contribution in [1.82, 2.24) is 0 Å². The van der Waals surface area contributed by atoms with E-state index in [1.54, 1.807) is 0 Å². The van der Waals surface area contributed by atoms with E-state index < -0.39 is 5.41 Å². The summed E-state index contributed by atoms with van der Waals surface area (Å²) in [4.78, 5) is 2.42. The molecule has 12 aromatic carbocycles. The van der Waals surface area contributed by atoms with Gasteiger partial charge in [-0.15, -0.1) is 0 Å². The smallest absolute Gasteiger partial charge is 0.0731 e.